The summed E-state index contributed by atoms with van der Waals surface area (Å²) in [5.41, 5.74) is 1.81. The van der Waals surface area contributed by atoms with E-state index >= 15 is 0 Å². The van der Waals surface area contributed by atoms with Gasteiger partial charge in [-0.25, -0.2) is 0 Å². The molecule has 1 aliphatic heterocycles. The number of methoxy groups -OCH3 is 1. The lowest BCUT2D eigenvalue weighted by atomic mass is 10.1. The number of ether oxygens (including phenoxy) is 1. The van der Waals surface area contributed by atoms with Gasteiger partial charge in [0, 0.05) is 30.1 Å². The van der Waals surface area contributed by atoms with Gasteiger partial charge in [-0.15, -0.1) is 11.8 Å². The zero-order valence-electron chi connectivity index (χ0n) is 14.9. The van der Waals surface area contributed by atoms with Crippen molar-refractivity contribution in [3.05, 3.63) is 54.1 Å². The number of anilines is 1. The van der Waals surface area contributed by atoms with Crippen molar-refractivity contribution < 1.29 is 14.3 Å². The van der Waals surface area contributed by atoms with Gasteiger partial charge < -0.3 is 15.0 Å². The Bertz CT molecular complexity index is 792. The van der Waals surface area contributed by atoms with Gasteiger partial charge in [-0.3, -0.25) is 9.59 Å². The number of benzene rings is 2. The molecule has 3 rings (SSSR count). The van der Waals surface area contributed by atoms with Crippen LogP contribution in [-0.2, 0) is 16.1 Å². The van der Waals surface area contributed by atoms with Crippen LogP contribution >= 0.6 is 11.8 Å². The molecule has 2 amide bonds. The van der Waals surface area contributed by atoms with Crippen LogP contribution in [0.5, 0.6) is 5.75 Å². The minimum Gasteiger partial charge on any atom is -0.497 e. The summed E-state index contributed by atoms with van der Waals surface area (Å²) in [7, 11) is 1.61. The van der Waals surface area contributed by atoms with Crippen molar-refractivity contribution in [2.24, 2.45) is 5.92 Å². The summed E-state index contributed by atoms with van der Waals surface area (Å²) < 4.78 is 5.19. The molecule has 1 aliphatic rings. The van der Waals surface area contributed by atoms with E-state index in [1.807, 2.05) is 54.8 Å². The van der Waals surface area contributed by atoms with Crippen LogP contribution in [0.15, 0.2) is 53.4 Å². The maximum Gasteiger partial charge on any atom is 0.227 e. The lowest BCUT2D eigenvalue weighted by Crippen LogP contribution is -2.32. The van der Waals surface area contributed by atoms with Gasteiger partial charge in [0.2, 0.25) is 11.8 Å². The minimum atomic E-state index is -0.326. The lowest BCUT2D eigenvalue weighted by molar-refractivity contribution is -0.126. The first kappa shape index (κ1) is 18.3. The van der Waals surface area contributed by atoms with Crippen LogP contribution in [0.3, 0.4) is 0 Å². The predicted octanol–water partition coefficient (Wildman–Crippen LogP) is 3.09. The topological polar surface area (TPSA) is 58.6 Å². The van der Waals surface area contributed by atoms with Crippen LogP contribution in [0.4, 0.5) is 5.69 Å². The Kier molecular flexibility index (Phi) is 5.83. The van der Waals surface area contributed by atoms with E-state index in [0.29, 0.717) is 13.1 Å². The van der Waals surface area contributed by atoms with Gasteiger partial charge in [-0.1, -0.05) is 12.1 Å². The Balaban J connectivity index is 1.59. The van der Waals surface area contributed by atoms with Crippen LogP contribution < -0.4 is 15.0 Å². The normalized spacial score (nSPS) is 16.6. The number of thioether (sulfide) groups is 1. The largest absolute Gasteiger partial charge is 0.497 e. The molecule has 1 unspecified atom stereocenters. The lowest BCUT2D eigenvalue weighted by Gasteiger charge is -2.17. The van der Waals surface area contributed by atoms with E-state index in [1.54, 1.807) is 23.8 Å². The smallest absolute Gasteiger partial charge is 0.227 e. The molecule has 0 bridgehead atoms. The van der Waals surface area contributed by atoms with Crippen molar-refractivity contribution in [1.29, 1.82) is 0 Å². The zero-order chi connectivity index (χ0) is 18.5. The summed E-state index contributed by atoms with van der Waals surface area (Å²) >= 11 is 1.66. The number of nitrogens with one attached hydrogen (secondary N) is 1. The maximum atomic E-state index is 12.5. The summed E-state index contributed by atoms with van der Waals surface area (Å²) in [6.45, 7) is 0.838. The number of carbonyl (C=O) groups excluding carboxylic acids is 2. The fourth-order valence-corrected chi connectivity index (χ4v) is 3.42. The second kappa shape index (κ2) is 8.27. The number of carbonyl (C=O) groups is 2. The molecule has 1 saturated heterocycles. The molecule has 1 N–H and O–H groups in total. The summed E-state index contributed by atoms with van der Waals surface area (Å²) in [5, 5.41) is 2.93. The fourth-order valence-electron chi connectivity index (χ4n) is 3.01. The molecule has 0 spiro atoms. The second-order valence-corrected chi connectivity index (χ2v) is 7.05. The summed E-state index contributed by atoms with van der Waals surface area (Å²) in [5.74, 6) is 0.328. The van der Waals surface area contributed by atoms with E-state index in [1.165, 1.54) is 0 Å². The van der Waals surface area contributed by atoms with E-state index < -0.39 is 0 Å². The summed E-state index contributed by atoms with van der Waals surface area (Å²) in [6, 6.07) is 15.4. The number of hydrogen-bond donors (Lipinski definition) is 1. The van der Waals surface area contributed by atoms with Crippen LogP contribution in [0.2, 0.25) is 0 Å². The molecule has 0 aliphatic carbocycles. The first-order chi connectivity index (χ1) is 12.6. The summed E-state index contributed by atoms with van der Waals surface area (Å²) in [4.78, 5) is 27.6. The molecule has 2 aromatic carbocycles. The molecule has 0 saturated carbocycles. The monoisotopic (exact) mass is 370 g/mol. The SMILES string of the molecule is COc1cccc(CNC(=O)C2CC(=O)N(c3ccc(SC)cc3)C2)c1. The Hall–Kier alpha value is -2.47. The van der Waals surface area contributed by atoms with E-state index in [4.69, 9.17) is 4.74 Å². The third kappa shape index (κ3) is 4.19. The molecule has 2 aromatic rings. The van der Waals surface area contributed by atoms with Gasteiger partial charge in [0.25, 0.3) is 0 Å². The highest BCUT2D eigenvalue weighted by molar-refractivity contribution is 7.98. The highest BCUT2D eigenvalue weighted by Crippen LogP contribution is 2.27. The van der Waals surface area contributed by atoms with E-state index in [9.17, 15) is 9.59 Å². The van der Waals surface area contributed by atoms with Crippen LogP contribution in [0.25, 0.3) is 0 Å². The summed E-state index contributed by atoms with van der Waals surface area (Å²) in [6.07, 6.45) is 2.26. The van der Waals surface area contributed by atoms with Crippen molar-refractivity contribution in [1.82, 2.24) is 5.32 Å². The molecule has 26 heavy (non-hydrogen) atoms. The van der Waals surface area contributed by atoms with Gasteiger partial charge in [0.05, 0.1) is 13.0 Å². The van der Waals surface area contributed by atoms with Crippen molar-refractivity contribution in [3.63, 3.8) is 0 Å². The highest BCUT2D eigenvalue weighted by Gasteiger charge is 2.34. The number of rotatable bonds is 6. The molecule has 0 radical (unpaired) electrons. The van der Waals surface area contributed by atoms with Crippen LogP contribution in [0, 0.1) is 5.92 Å². The van der Waals surface area contributed by atoms with Gasteiger partial charge in [-0.2, -0.15) is 0 Å². The van der Waals surface area contributed by atoms with Crippen LogP contribution in [0.1, 0.15) is 12.0 Å². The zero-order valence-corrected chi connectivity index (χ0v) is 15.7. The molecule has 0 aromatic heterocycles. The molecule has 5 nitrogen and oxygen atoms in total. The van der Waals surface area contributed by atoms with Gasteiger partial charge >= 0.3 is 0 Å². The quantitative estimate of drug-likeness (QED) is 0.794. The average molecular weight is 370 g/mol. The molecular formula is C20H22N2O3S. The third-order valence-electron chi connectivity index (χ3n) is 4.48. The molecule has 6 heteroatoms. The molecule has 1 heterocycles. The first-order valence-electron chi connectivity index (χ1n) is 8.46. The molecule has 1 atom stereocenters. The van der Waals surface area contributed by atoms with Crippen molar-refractivity contribution in [3.8, 4) is 5.75 Å². The molecular weight excluding hydrogens is 348 g/mol. The number of amides is 2. The van der Waals surface area contributed by atoms with Gasteiger partial charge in [0.15, 0.2) is 0 Å². The predicted molar refractivity (Wildman–Crippen MR) is 104 cm³/mol. The average Bonchev–Trinajstić information content (AvgIpc) is 3.08. The Labute approximate surface area is 157 Å². The van der Waals surface area contributed by atoms with Crippen molar-refractivity contribution >= 4 is 29.3 Å². The Morgan fingerprint density at radius 3 is 2.73 bits per heavy atom. The van der Waals surface area contributed by atoms with E-state index in [0.717, 1.165) is 21.9 Å². The van der Waals surface area contributed by atoms with E-state index in [-0.39, 0.29) is 24.2 Å². The number of hydrogen-bond acceptors (Lipinski definition) is 4. The maximum absolute atomic E-state index is 12.5. The van der Waals surface area contributed by atoms with Crippen molar-refractivity contribution in [2.45, 2.75) is 17.9 Å². The Morgan fingerprint density at radius 1 is 1.27 bits per heavy atom. The number of nitrogens with zero attached hydrogens (tertiary/aromatic N) is 1. The van der Waals surface area contributed by atoms with Gasteiger partial charge in [-0.05, 0) is 48.2 Å². The van der Waals surface area contributed by atoms with Crippen molar-refractivity contribution in [2.75, 3.05) is 24.8 Å². The highest BCUT2D eigenvalue weighted by atomic mass is 32.2. The standard InChI is InChI=1S/C20H22N2O3S/c1-25-17-5-3-4-14(10-17)12-21-20(24)15-11-19(23)22(13-15)16-6-8-18(26-2)9-7-16/h3-10,15H,11-13H2,1-2H3,(H,21,24). The van der Waals surface area contributed by atoms with E-state index in [2.05, 4.69) is 5.32 Å². The first-order valence-corrected chi connectivity index (χ1v) is 9.68. The van der Waals surface area contributed by atoms with Crippen LogP contribution in [-0.4, -0.2) is 31.7 Å². The minimum absolute atomic E-state index is 0.0107. The third-order valence-corrected chi connectivity index (χ3v) is 5.22. The molecule has 1 fully saturated rings. The molecule has 136 valence electrons. The second-order valence-electron chi connectivity index (χ2n) is 6.17. The Morgan fingerprint density at radius 2 is 2.04 bits per heavy atom. The fraction of sp³-hybridized carbons (Fsp3) is 0.300. The van der Waals surface area contributed by atoms with Gasteiger partial charge in [0.1, 0.15) is 5.75 Å².